The molecule has 0 radical (unpaired) electrons. The van der Waals surface area contributed by atoms with Gasteiger partial charge in [-0.2, -0.15) is 0 Å². The van der Waals surface area contributed by atoms with Crippen molar-refractivity contribution in [2.24, 2.45) is 11.7 Å². The molecule has 1 unspecified atom stereocenters. The predicted octanol–water partition coefficient (Wildman–Crippen LogP) is -0.0936. The quantitative estimate of drug-likeness (QED) is 0.716. The van der Waals surface area contributed by atoms with Gasteiger partial charge >= 0.3 is 0 Å². The first-order valence-corrected chi connectivity index (χ1v) is 5.45. The highest BCUT2D eigenvalue weighted by atomic mass is 16.2. The maximum absolute atomic E-state index is 11.7. The van der Waals surface area contributed by atoms with Crippen LogP contribution in [-0.4, -0.2) is 55.3 Å². The molecule has 94 valence electrons. The molecule has 0 aromatic rings. The molecule has 0 saturated carbocycles. The summed E-state index contributed by atoms with van der Waals surface area (Å²) in [5.41, 5.74) is 5.80. The molecule has 0 aromatic carbocycles. The Balaban J connectivity index is 4.14. The maximum Gasteiger partial charge on any atom is 0.241 e. The minimum Gasteiger partial charge on any atom is -0.347 e. The number of likely N-dealkylation sites (N-methyl/N-ethyl adjacent to an activating group) is 2. The summed E-state index contributed by atoms with van der Waals surface area (Å²) < 4.78 is 0. The van der Waals surface area contributed by atoms with Crippen LogP contribution in [0.5, 0.6) is 0 Å². The summed E-state index contributed by atoms with van der Waals surface area (Å²) >= 11 is 0. The summed E-state index contributed by atoms with van der Waals surface area (Å²) in [5.74, 6) is 0.0901. The number of hydrogen-bond acceptors (Lipinski definition) is 3. The number of hydrogen-bond donors (Lipinski definition) is 1. The molecule has 0 aliphatic heterocycles. The van der Waals surface area contributed by atoms with E-state index in [0.717, 1.165) is 0 Å². The first-order chi connectivity index (χ1) is 7.25. The fraction of sp³-hybridized carbons (Fsp3) is 0.818. The summed E-state index contributed by atoms with van der Waals surface area (Å²) in [6, 6.07) is -0.149. The van der Waals surface area contributed by atoms with E-state index in [9.17, 15) is 9.59 Å². The summed E-state index contributed by atoms with van der Waals surface area (Å²) in [7, 11) is 4.96. The second kappa shape index (κ2) is 6.48. The fourth-order valence-electron chi connectivity index (χ4n) is 1.03. The molecule has 0 aliphatic carbocycles. The molecule has 0 bridgehead atoms. The zero-order valence-corrected chi connectivity index (χ0v) is 10.9. The lowest BCUT2D eigenvalue weighted by molar-refractivity contribution is -0.138. The Labute approximate surface area is 97.6 Å². The molecule has 0 aliphatic rings. The maximum atomic E-state index is 11.7. The van der Waals surface area contributed by atoms with Gasteiger partial charge in [0.1, 0.15) is 0 Å². The van der Waals surface area contributed by atoms with Gasteiger partial charge in [0.15, 0.2) is 0 Å². The van der Waals surface area contributed by atoms with Gasteiger partial charge in [-0.1, -0.05) is 13.8 Å². The minimum absolute atomic E-state index is 0.0867. The Bertz CT molecular complexity index is 252. The van der Waals surface area contributed by atoms with Gasteiger partial charge in [0.2, 0.25) is 11.8 Å². The molecule has 1 atom stereocenters. The van der Waals surface area contributed by atoms with Crippen LogP contribution in [0.2, 0.25) is 0 Å². The van der Waals surface area contributed by atoms with Crippen LogP contribution in [0.1, 0.15) is 20.3 Å². The number of nitrogens with two attached hydrogens (primary N) is 1. The normalized spacial score (nSPS) is 12.4. The highest BCUT2D eigenvalue weighted by Crippen LogP contribution is 2.04. The molecule has 16 heavy (non-hydrogen) atoms. The topological polar surface area (TPSA) is 66.6 Å². The number of carbonyl (C=O) groups excluding carboxylic acids is 2. The van der Waals surface area contributed by atoms with E-state index >= 15 is 0 Å². The average Bonchev–Trinajstić information content (AvgIpc) is 2.16. The van der Waals surface area contributed by atoms with Crippen molar-refractivity contribution in [3.63, 3.8) is 0 Å². The lowest BCUT2D eigenvalue weighted by Gasteiger charge is -2.22. The van der Waals surface area contributed by atoms with Crippen LogP contribution >= 0.6 is 0 Å². The fourth-order valence-corrected chi connectivity index (χ4v) is 1.03. The summed E-state index contributed by atoms with van der Waals surface area (Å²) in [5, 5.41) is 0. The van der Waals surface area contributed by atoms with Crippen LogP contribution in [0.15, 0.2) is 0 Å². The monoisotopic (exact) mass is 229 g/mol. The van der Waals surface area contributed by atoms with Gasteiger partial charge < -0.3 is 15.5 Å². The average molecular weight is 229 g/mol. The number of amides is 2. The molecule has 0 rings (SSSR count). The third-order valence-corrected chi connectivity index (χ3v) is 2.56. The molecule has 0 heterocycles. The summed E-state index contributed by atoms with van der Waals surface area (Å²) in [6.45, 7) is 4.06. The van der Waals surface area contributed by atoms with E-state index in [1.54, 1.807) is 21.1 Å². The molecule has 0 spiro atoms. The Kier molecular flexibility index (Phi) is 6.03. The van der Waals surface area contributed by atoms with E-state index in [-0.39, 0.29) is 36.7 Å². The van der Waals surface area contributed by atoms with Crippen molar-refractivity contribution < 1.29 is 9.59 Å². The molecule has 0 fully saturated rings. The van der Waals surface area contributed by atoms with E-state index in [1.165, 1.54) is 9.80 Å². The third-order valence-electron chi connectivity index (χ3n) is 2.56. The lowest BCUT2D eigenvalue weighted by atomic mass is 10.0. The second-order valence-corrected chi connectivity index (χ2v) is 4.65. The van der Waals surface area contributed by atoms with Crippen molar-refractivity contribution >= 4 is 11.8 Å². The van der Waals surface area contributed by atoms with Crippen LogP contribution in [0.4, 0.5) is 0 Å². The predicted molar refractivity (Wildman–Crippen MR) is 63.8 cm³/mol. The van der Waals surface area contributed by atoms with Crippen molar-refractivity contribution in [1.82, 2.24) is 9.80 Å². The van der Waals surface area contributed by atoms with E-state index < -0.39 is 0 Å². The number of carbonyl (C=O) groups is 2. The van der Waals surface area contributed by atoms with E-state index in [0.29, 0.717) is 0 Å². The molecule has 0 aromatic heterocycles. The molecule has 2 amide bonds. The molecular weight excluding hydrogens is 206 g/mol. The van der Waals surface area contributed by atoms with Crippen molar-refractivity contribution in [2.45, 2.75) is 26.3 Å². The second-order valence-electron chi connectivity index (χ2n) is 4.65. The molecule has 5 heteroatoms. The van der Waals surface area contributed by atoms with Crippen molar-refractivity contribution in [3.8, 4) is 0 Å². The Hall–Kier alpha value is -1.10. The largest absolute Gasteiger partial charge is 0.347 e. The molecule has 5 nitrogen and oxygen atoms in total. The van der Waals surface area contributed by atoms with Crippen LogP contribution in [0.25, 0.3) is 0 Å². The van der Waals surface area contributed by atoms with Crippen LogP contribution < -0.4 is 5.73 Å². The van der Waals surface area contributed by atoms with Crippen molar-refractivity contribution in [2.75, 3.05) is 27.7 Å². The number of nitrogens with zero attached hydrogens (tertiary/aromatic N) is 2. The van der Waals surface area contributed by atoms with Crippen LogP contribution in [0.3, 0.4) is 0 Å². The van der Waals surface area contributed by atoms with Gasteiger partial charge in [-0.15, -0.1) is 0 Å². The van der Waals surface area contributed by atoms with Gasteiger partial charge in [0.05, 0.1) is 6.54 Å². The SMILES string of the molecule is CC(C)C(N)CC(=O)N(C)CC(=O)N(C)C. The van der Waals surface area contributed by atoms with E-state index in [1.807, 2.05) is 13.8 Å². The van der Waals surface area contributed by atoms with E-state index in [2.05, 4.69) is 0 Å². The van der Waals surface area contributed by atoms with Gasteiger partial charge in [-0.25, -0.2) is 0 Å². The Morgan fingerprint density at radius 1 is 1.12 bits per heavy atom. The summed E-state index contributed by atoms with van der Waals surface area (Å²) in [6.07, 6.45) is 0.287. The highest BCUT2D eigenvalue weighted by Gasteiger charge is 2.18. The lowest BCUT2D eigenvalue weighted by Crippen LogP contribution is -2.41. The van der Waals surface area contributed by atoms with Gasteiger partial charge in [0, 0.05) is 33.6 Å². The van der Waals surface area contributed by atoms with Crippen molar-refractivity contribution in [1.29, 1.82) is 0 Å². The molecular formula is C11H23N3O2. The van der Waals surface area contributed by atoms with Gasteiger partial charge in [-0.05, 0) is 5.92 Å². The zero-order chi connectivity index (χ0) is 12.9. The summed E-state index contributed by atoms with van der Waals surface area (Å²) in [4.78, 5) is 26.0. The highest BCUT2D eigenvalue weighted by molar-refractivity contribution is 5.84. The standard InChI is InChI=1S/C11H23N3O2/c1-8(2)9(12)6-10(15)14(5)7-11(16)13(3)4/h8-9H,6-7,12H2,1-5H3. The first-order valence-electron chi connectivity index (χ1n) is 5.45. The first kappa shape index (κ1) is 14.9. The van der Waals surface area contributed by atoms with Gasteiger partial charge in [0.25, 0.3) is 0 Å². The Morgan fingerprint density at radius 3 is 2.00 bits per heavy atom. The molecule has 0 saturated heterocycles. The minimum atomic E-state index is -0.149. The zero-order valence-electron chi connectivity index (χ0n) is 10.9. The van der Waals surface area contributed by atoms with Crippen LogP contribution in [-0.2, 0) is 9.59 Å². The van der Waals surface area contributed by atoms with Crippen LogP contribution in [0, 0.1) is 5.92 Å². The Morgan fingerprint density at radius 2 is 1.62 bits per heavy atom. The number of rotatable bonds is 5. The molecule has 2 N–H and O–H groups in total. The smallest absolute Gasteiger partial charge is 0.241 e. The third kappa shape index (κ3) is 5.11. The van der Waals surface area contributed by atoms with Crippen molar-refractivity contribution in [3.05, 3.63) is 0 Å². The van der Waals surface area contributed by atoms with Gasteiger partial charge in [-0.3, -0.25) is 9.59 Å². The van der Waals surface area contributed by atoms with E-state index in [4.69, 9.17) is 5.73 Å².